The van der Waals surface area contributed by atoms with Crippen molar-refractivity contribution in [3.8, 4) is 11.4 Å². The third-order valence-corrected chi connectivity index (χ3v) is 5.61. The van der Waals surface area contributed by atoms with E-state index in [9.17, 15) is 0 Å². The minimum Gasteiger partial charge on any atom is -0.356 e. The van der Waals surface area contributed by atoms with E-state index in [0.717, 1.165) is 31.0 Å². The summed E-state index contributed by atoms with van der Waals surface area (Å²) in [5, 5.41) is 8.18. The Balaban J connectivity index is 0.00000272. The van der Waals surface area contributed by atoms with E-state index in [1.54, 1.807) is 0 Å². The second-order valence-corrected chi connectivity index (χ2v) is 7.97. The number of rotatable bonds is 6. The molecule has 1 unspecified atom stereocenters. The molecule has 3 aromatic rings. The van der Waals surface area contributed by atoms with E-state index in [2.05, 4.69) is 55.7 Å². The van der Waals surface area contributed by atoms with E-state index in [4.69, 9.17) is 16.1 Å². The predicted molar refractivity (Wildman–Crippen MR) is 135 cm³/mol. The summed E-state index contributed by atoms with van der Waals surface area (Å²) >= 11 is 5.93. The van der Waals surface area contributed by atoms with E-state index in [-0.39, 0.29) is 24.0 Å². The van der Waals surface area contributed by atoms with Gasteiger partial charge in [0.1, 0.15) is 0 Å². The van der Waals surface area contributed by atoms with Gasteiger partial charge in [0.15, 0.2) is 5.96 Å². The Morgan fingerprint density at radius 1 is 1.19 bits per heavy atom. The van der Waals surface area contributed by atoms with Crippen LogP contribution in [-0.2, 0) is 12.8 Å². The Kier molecular flexibility index (Phi) is 8.71. The number of guanidine groups is 1. The van der Waals surface area contributed by atoms with Crippen LogP contribution in [0.3, 0.4) is 0 Å². The smallest absolute Gasteiger partial charge is 0.228 e. The molecule has 8 heteroatoms. The third-order valence-electron chi connectivity index (χ3n) is 5.36. The van der Waals surface area contributed by atoms with Crippen molar-refractivity contribution in [2.45, 2.75) is 19.3 Å². The summed E-state index contributed by atoms with van der Waals surface area (Å²) in [6, 6.07) is 18.1. The summed E-state index contributed by atoms with van der Waals surface area (Å²) in [4.78, 5) is 11.3. The fourth-order valence-electron chi connectivity index (χ4n) is 3.83. The summed E-state index contributed by atoms with van der Waals surface area (Å²) in [6.07, 6.45) is 2.94. The SMILES string of the molecule is CN=C(NCCc1nc(-c2ccc(Cl)cc2)no1)N1CCC(Cc2ccccc2)C1.I. The van der Waals surface area contributed by atoms with Crippen molar-refractivity contribution in [3.05, 3.63) is 71.1 Å². The standard InChI is InChI=1S/C23H26ClN5O.HI/c1-25-23(29-14-12-18(16-29)15-17-5-3-2-4-6-17)26-13-11-21-27-22(28-30-21)19-7-9-20(24)10-8-19;/h2-10,18H,11-16H2,1H3,(H,25,26);1H. The first-order valence-corrected chi connectivity index (χ1v) is 10.7. The molecule has 31 heavy (non-hydrogen) atoms. The minimum atomic E-state index is 0. The van der Waals surface area contributed by atoms with Crippen molar-refractivity contribution in [2.24, 2.45) is 10.9 Å². The first-order chi connectivity index (χ1) is 14.7. The van der Waals surface area contributed by atoms with Crippen LogP contribution >= 0.6 is 35.6 Å². The lowest BCUT2D eigenvalue weighted by atomic mass is 9.99. The molecule has 1 aromatic heterocycles. The van der Waals surface area contributed by atoms with Crippen LogP contribution < -0.4 is 5.32 Å². The van der Waals surface area contributed by atoms with Gasteiger partial charge in [-0.15, -0.1) is 24.0 Å². The van der Waals surface area contributed by atoms with Crippen LogP contribution in [0.2, 0.25) is 5.02 Å². The molecule has 6 nitrogen and oxygen atoms in total. The van der Waals surface area contributed by atoms with Gasteiger partial charge in [-0.25, -0.2) is 0 Å². The molecular formula is C23H27ClIN5O. The number of hydrogen-bond acceptors (Lipinski definition) is 4. The number of aliphatic imine (C=N–C) groups is 1. The average Bonchev–Trinajstić information content (AvgIpc) is 3.42. The van der Waals surface area contributed by atoms with E-state index in [1.807, 2.05) is 31.3 Å². The largest absolute Gasteiger partial charge is 0.356 e. The van der Waals surface area contributed by atoms with E-state index < -0.39 is 0 Å². The van der Waals surface area contributed by atoms with Gasteiger partial charge in [0, 0.05) is 43.7 Å². The molecule has 1 aliphatic rings. The quantitative estimate of drug-likeness (QED) is 0.274. The molecule has 0 radical (unpaired) electrons. The van der Waals surface area contributed by atoms with Gasteiger partial charge in [0.25, 0.3) is 0 Å². The van der Waals surface area contributed by atoms with Crippen molar-refractivity contribution in [1.29, 1.82) is 0 Å². The number of nitrogens with zero attached hydrogens (tertiary/aromatic N) is 4. The van der Waals surface area contributed by atoms with E-state index in [1.165, 1.54) is 12.0 Å². The highest BCUT2D eigenvalue weighted by molar-refractivity contribution is 14.0. The van der Waals surface area contributed by atoms with Crippen molar-refractivity contribution >= 4 is 41.5 Å². The maximum absolute atomic E-state index is 5.93. The molecule has 0 amide bonds. The van der Waals surface area contributed by atoms with Gasteiger partial charge in [0.05, 0.1) is 0 Å². The maximum atomic E-state index is 5.93. The molecule has 1 saturated heterocycles. The predicted octanol–water partition coefficient (Wildman–Crippen LogP) is 4.69. The minimum absolute atomic E-state index is 0. The number of hydrogen-bond donors (Lipinski definition) is 1. The molecule has 164 valence electrons. The van der Waals surface area contributed by atoms with Crippen LogP contribution in [0.4, 0.5) is 0 Å². The summed E-state index contributed by atoms with van der Waals surface area (Å²) in [5.74, 6) is 2.77. The van der Waals surface area contributed by atoms with E-state index >= 15 is 0 Å². The van der Waals surface area contributed by atoms with Crippen molar-refractivity contribution in [3.63, 3.8) is 0 Å². The fourth-order valence-corrected chi connectivity index (χ4v) is 3.95. The second-order valence-electron chi connectivity index (χ2n) is 7.53. The van der Waals surface area contributed by atoms with Gasteiger partial charge in [-0.3, -0.25) is 4.99 Å². The summed E-state index contributed by atoms with van der Waals surface area (Å²) in [6.45, 7) is 2.74. The van der Waals surface area contributed by atoms with Crippen LogP contribution in [0.15, 0.2) is 64.1 Å². The number of aromatic nitrogens is 2. The second kappa shape index (κ2) is 11.5. The monoisotopic (exact) mass is 551 g/mol. The maximum Gasteiger partial charge on any atom is 0.228 e. The van der Waals surface area contributed by atoms with E-state index in [0.29, 0.717) is 35.6 Å². The first-order valence-electron chi connectivity index (χ1n) is 10.3. The molecular weight excluding hydrogens is 525 g/mol. The molecule has 0 saturated carbocycles. The highest BCUT2D eigenvalue weighted by Gasteiger charge is 2.25. The number of halogens is 2. The number of nitrogens with one attached hydrogen (secondary N) is 1. The third kappa shape index (κ3) is 6.43. The van der Waals surface area contributed by atoms with Crippen LogP contribution in [0, 0.1) is 5.92 Å². The molecule has 0 spiro atoms. The molecule has 4 rings (SSSR count). The molecule has 1 atom stereocenters. The van der Waals surface area contributed by atoms with Crippen molar-refractivity contribution < 1.29 is 4.52 Å². The summed E-state index contributed by atoms with van der Waals surface area (Å²) in [7, 11) is 1.83. The average molecular weight is 552 g/mol. The highest BCUT2D eigenvalue weighted by atomic mass is 127. The van der Waals surface area contributed by atoms with Gasteiger partial charge in [-0.1, -0.05) is 47.1 Å². The van der Waals surface area contributed by atoms with Crippen LogP contribution in [0.5, 0.6) is 0 Å². The van der Waals surface area contributed by atoms with Gasteiger partial charge in [-0.2, -0.15) is 4.98 Å². The Morgan fingerprint density at radius 2 is 1.97 bits per heavy atom. The summed E-state index contributed by atoms with van der Waals surface area (Å²) < 4.78 is 5.39. The van der Waals surface area contributed by atoms with Gasteiger partial charge < -0.3 is 14.7 Å². The zero-order valence-corrected chi connectivity index (χ0v) is 20.6. The Morgan fingerprint density at radius 3 is 2.71 bits per heavy atom. The lowest BCUT2D eigenvalue weighted by Gasteiger charge is -2.21. The molecule has 1 N–H and O–H groups in total. The zero-order valence-electron chi connectivity index (χ0n) is 17.5. The molecule has 1 aliphatic heterocycles. The van der Waals surface area contributed by atoms with Crippen LogP contribution in [0.1, 0.15) is 17.9 Å². The number of benzene rings is 2. The van der Waals surface area contributed by atoms with Gasteiger partial charge in [-0.05, 0) is 48.6 Å². The molecule has 2 heterocycles. The topological polar surface area (TPSA) is 66.5 Å². The Hall–Kier alpha value is -2.13. The Labute approximate surface area is 205 Å². The normalized spacial score (nSPS) is 16.3. The fraction of sp³-hybridized carbons (Fsp3) is 0.348. The molecule has 0 aliphatic carbocycles. The van der Waals surface area contributed by atoms with Crippen molar-refractivity contribution in [2.75, 3.05) is 26.7 Å². The van der Waals surface area contributed by atoms with Gasteiger partial charge >= 0.3 is 0 Å². The lowest BCUT2D eigenvalue weighted by Crippen LogP contribution is -2.41. The van der Waals surface area contributed by atoms with Gasteiger partial charge in [0.2, 0.25) is 11.7 Å². The van der Waals surface area contributed by atoms with Crippen LogP contribution in [-0.4, -0.2) is 47.7 Å². The lowest BCUT2D eigenvalue weighted by molar-refractivity contribution is 0.377. The molecule has 2 aromatic carbocycles. The molecule has 1 fully saturated rings. The summed E-state index contributed by atoms with van der Waals surface area (Å²) in [5.41, 5.74) is 2.29. The zero-order chi connectivity index (χ0) is 20.8. The first kappa shape index (κ1) is 23.5. The van der Waals surface area contributed by atoms with Crippen molar-refractivity contribution in [1.82, 2.24) is 20.4 Å². The highest BCUT2D eigenvalue weighted by Crippen LogP contribution is 2.21. The molecule has 0 bridgehead atoms. The number of likely N-dealkylation sites (tertiary alicyclic amines) is 1. The van der Waals surface area contributed by atoms with Crippen LogP contribution in [0.25, 0.3) is 11.4 Å². The Bertz CT molecular complexity index is 977.